The highest BCUT2D eigenvalue weighted by Gasteiger charge is 2.10. The van der Waals surface area contributed by atoms with Gasteiger partial charge in [0.25, 0.3) is 5.91 Å². The molecule has 0 aliphatic rings. The summed E-state index contributed by atoms with van der Waals surface area (Å²) in [7, 11) is 0. The van der Waals surface area contributed by atoms with E-state index in [1.165, 1.54) is 11.3 Å². The van der Waals surface area contributed by atoms with Gasteiger partial charge in [-0.2, -0.15) is 0 Å². The first-order valence-corrected chi connectivity index (χ1v) is 7.61. The van der Waals surface area contributed by atoms with E-state index in [1.54, 1.807) is 0 Å². The lowest BCUT2D eigenvalue weighted by atomic mass is 10.2. The van der Waals surface area contributed by atoms with Crippen molar-refractivity contribution in [3.8, 4) is 5.75 Å². The van der Waals surface area contributed by atoms with E-state index in [1.807, 2.05) is 42.6 Å². The van der Waals surface area contributed by atoms with Crippen molar-refractivity contribution in [3.63, 3.8) is 0 Å². The second-order valence-electron chi connectivity index (χ2n) is 3.86. The Bertz CT molecular complexity index is 568. The van der Waals surface area contributed by atoms with Crippen LogP contribution in [0.2, 0.25) is 0 Å². The molecule has 0 radical (unpaired) electrons. The SMILES string of the molecule is CCOc1cccc(CNC(=O)c2sccc2Br)c1. The summed E-state index contributed by atoms with van der Waals surface area (Å²) in [4.78, 5) is 12.6. The molecular formula is C14H14BrNO2S. The zero-order valence-corrected chi connectivity index (χ0v) is 12.9. The number of hydrogen-bond acceptors (Lipinski definition) is 3. The Morgan fingerprint density at radius 1 is 1.42 bits per heavy atom. The number of benzene rings is 1. The summed E-state index contributed by atoms with van der Waals surface area (Å²) in [6.45, 7) is 3.07. The van der Waals surface area contributed by atoms with Crippen LogP contribution in [-0.2, 0) is 6.54 Å². The van der Waals surface area contributed by atoms with E-state index in [2.05, 4.69) is 21.2 Å². The highest BCUT2D eigenvalue weighted by Crippen LogP contribution is 2.22. The number of hydrogen-bond donors (Lipinski definition) is 1. The van der Waals surface area contributed by atoms with Gasteiger partial charge in [-0.3, -0.25) is 4.79 Å². The van der Waals surface area contributed by atoms with Crippen LogP contribution in [0.3, 0.4) is 0 Å². The molecule has 1 heterocycles. The summed E-state index contributed by atoms with van der Waals surface area (Å²) in [6, 6.07) is 9.60. The van der Waals surface area contributed by atoms with Crippen LogP contribution in [0.1, 0.15) is 22.2 Å². The third-order valence-corrected chi connectivity index (χ3v) is 4.32. The monoisotopic (exact) mass is 339 g/mol. The molecule has 1 amide bonds. The maximum atomic E-state index is 11.9. The smallest absolute Gasteiger partial charge is 0.262 e. The summed E-state index contributed by atoms with van der Waals surface area (Å²) in [5.74, 6) is 0.759. The molecule has 2 aromatic rings. The standard InChI is InChI=1S/C14H14BrNO2S/c1-2-18-11-5-3-4-10(8-11)9-16-14(17)13-12(15)6-7-19-13/h3-8H,2,9H2,1H3,(H,16,17). The maximum absolute atomic E-state index is 11.9. The minimum atomic E-state index is -0.0660. The average molecular weight is 340 g/mol. The van der Waals surface area contributed by atoms with Crippen molar-refractivity contribution in [2.75, 3.05) is 6.61 Å². The lowest BCUT2D eigenvalue weighted by Crippen LogP contribution is -2.22. The number of carbonyl (C=O) groups is 1. The molecule has 0 aliphatic carbocycles. The molecule has 0 bridgehead atoms. The molecule has 0 atom stereocenters. The van der Waals surface area contributed by atoms with Crippen molar-refractivity contribution in [1.82, 2.24) is 5.32 Å². The Morgan fingerprint density at radius 3 is 2.95 bits per heavy atom. The molecule has 0 aliphatic heterocycles. The van der Waals surface area contributed by atoms with E-state index in [0.717, 1.165) is 15.8 Å². The number of carbonyl (C=O) groups excluding carboxylic acids is 1. The van der Waals surface area contributed by atoms with Crippen molar-refractivity contribution in [3.05, 3.63) is 50.6 Å². The van der Waals surface area contributed by atoms with E-state index in [9.17, 15) is 4.79 Å². The second kappa shape index (κ2) is 6.73. The van der Waals surface area contributed by atoms with Crippen LogP contribution >= 0.6 is 27.3 Å². The van der Waals surface area contributed by atoms with Gasteiger partial charge in [0.15, 0.2) is 0 Å². The van der Waals surface area contributed by atoms with Crippen molar-refractivity contribution >= 4 is 33.2 Å². The van der Waals surface area contributed by atoms with Crippen molar-refractivity contribution in [2.45, 2.75) is 13.5 Å². The summed E-state index contributed by atoms with van der Waals surface area (Å²) in [6.07, 6.45) is 0. The van der Waals surface area contributed by atoms with Crippen molar-refractivity contribution < 1.29 is 9.53 Å². The molecular weight excluding hydrogens is 326 g/mol. The lowest BCUT2D eigenvalue weighted by Gasteiger charge is -2.07. The van der Waals surface area contributed by atoms with Gasteiger partial charge >= 0.3 is 0 Å². The average Bonchev–Trinajstić information content (AvgIpc) is 2.83. The predicted molar refractivity (Wildman–Crippen MR) is 80.8 cm³/mol. The largest absolute Gasteiger partial charge is 0.494 e. The predicted octanol–water partition coefficient (Wildman–Crippen LogP) is 3.84. The first-order chi connectivity index (χ1) is 9.20. The summed E-state index contributed by atoms with van der Waals surface area (Å²) < 4.78 is 6.26. The van der Waals surface area contributed by atoms with Gasteiger partial charge in [-0.1, -0.05) is 12.1 Å². The van der Waals surface area contributed by atoms with Crippen molar-refractivity contribution in [1.29, 1.82) is 0 Å². The Morgan fingerprint density at radius 2 is 2.26 bits per heavy atom. The number of rotatable bonds is 5. The fourth-order valence-corrected chi connectivity index (χ4v) is 3.10. The van der Waals surface area contributed by atoms with E-state index in [-0.39, 0.29) is 5.91 Å². The van der Waals surface area contributed by atoms with Gasteiger partial charge in [-0.25, -0.2) is 0 Å². The highest BCUT2D eigenvalue weighted by molar-refractivity contribution is 9.10. The molecule has 100 valence electrons. The van der Waals surface area contributed by atoms with Gasteiger partial charge in [0.05, 0.1) is 6.61 Å². The number of halogens is 1. The van der Waals surface area contributed by atoms with Crippen LogP contribution in [0.25, 0.3) is 0 Å². The zero-order valence-electron chi connectivity index (χ0n) is 10.5. The fraction of sp³-hybridized carbons (Fsp3) is 0.214. The maximum Gasteiger partial charge on any atom is 0.262 e. The summed E-state index contributed by atoms with van der Waals surface area (Å²) >= 11 is 4.78. The molecule has 0 saturated heterocycles. The van der Waals surface area contributed by atoms with E-state index in [0.29, 0.717) is 18.0 Å². The van der Waals surface area contributed by atoms with E-state index >= 15 is 0 Å². The van der Waals surface area contributed by atoms with Crippen LogP contribution in [0.5, 0.6) is 5.75 Å². The van der Waals surface area contributed by atoms with E-state index in [4.69, 9.17) is 4.74 Å². The molecule has 5 heteroatoms. The molecule has 1 N–H and O–H groups in total. The van der Waals surface area contributed by atoms with Gasteiger partial charge in [0, 0.05) is 11.0 Å². The third kappa shape index (κ3) is 3.81. The molecule has 1 aromatic carbocycles. The molecule has 2 rings (SSSR count). The first-order valence-electron chi connectivity index (χ1n) is 5.93. The first kappa shape index (κ1) is 14.1. The Balaban J connectivity index is 1.97. The number of ether oxygens (including phenoxy) is 1. The van der Waals surface area contributed by atoms with E-state index < -0.39 is 0 Å². The lowest BCUT2D eigenvalue weighted by molar-refractivity contribution is 0.0954. The van der Waals surface area contributed by atoms with Crippen LogP contribution in [0, 0.1) is 0 Å². The minimum absolute atomic E-state index is 0.0660. The Labute approximate surface area is 124 Å². The topological polar surface area (TPSA) is 38.3 Å². The fourth-order valence-electron chi connectivity index (χ4n) is 1.63. The summed E-state index contributed by atoms with van der Waals surface area (Å²) in [5, 5.41) is 4.78. The van der Waals surface area contributed by atoms with Gasteiger partial charge in [0.1, 0.15) is 10.6 Å². The minimum Gasteiger partial charge on any atom is -0.494 e. The normalized spacial score (nSPS) is 10.2. The summed E-state index contributed by atoms with van der Waals surface area (Å²) in [5.41, 5.74) is 1.02. The molecule has 19 heavy (non-hydrogen) atoms. The van der Waals surface area contributed by atoms with Crippen molar-refractivity contribution in [2.24, 2.45) is 0 Å². The van der Waals surface area contributed by atoms with Gasteiger partial charge in [-0.05, 0) is 52.0 Å². The Kier molecular flexibility index (Phi) is 4.99. The van der Waals surface area contributed by atoms with Gasteiger partial charge in [0.2, 0.25) is 0 Å². The number of nitrogens with one attached hydrogen (secondary N) is 1. The van der Waals surface area contributed by atoms with Crippen LogP contribution in [-0.4, -0.2) is 12.5 Å². The van der Waals surface area contributed by atoms with Crippen LogP contribution < -0.4 is 10.1 Å². The molecule has 0 fully saturated rings. The zero-order chi connectivity index (χ0) is 13.7. The third-order valence-electron chi connectivity index (χ3n) is 2.49. The second-order valence-corrected chi connectivity index (χ2v) is 5.63. The molecule has 0 spiro atoms. The molecule has 0 saturated carbocycles. The van der Waals surface area contributed by atoms with Crippen LogP contribution in [0.4, 0.5) is 0 Å². The number of amides is 1. The molecule has 3 nitrogen and oxygen atoms in total. The van der Waals surface area contributed by atoms with Gasteiger partial charge in [-0.15, -0.1) is 11.3 Å². The molecule has 0 unspecified atom stereocenters. The highest BCUT2D eigenvalue weighted by atomic mass is 79.9. The quantitative estimate of drug-likeness (QED) is 0.898. The van der Waals surface area contributed by atoms with Gasteiger partial charge < -0.3 is 10.1 Å². The molecule has 1 aromatic heterocycles. The number of thiophene rings is 1. The van der Waals surface area contributed by atoms with Crippen LogP contribution in [0.15, 0.2) is 40.2 Å². The Hall–Kier alpha value is -1.33.